The summed E-state index contributed by atoms with van der Waals surface area (Å²) in [4.78, 5) is 16.1. The summed E-state index contributed by atoms with van der Waals surface area (Å²) in [6, 6.07) is 9.48. The van der Waals surface area contributed by atoms with Crippen LogP contribution in [0.3, 0.4) is 0 Å². The second-order valence-corrected chi connectivity index (χ2v) is 4.92. The molecule has 0 radical (unpaired) electrons. The quantitative estimate of drug-likeness (QED) is 0.705. The molecule has 0 N–H and O–H groups in total. The van der Waals surface area contributed by atoms with E-state index in [1.54, 1.807) is 12.3 Å². The van der Waals surface area contributed by atoms with Crippen LogP contribution >= 0.6 is 0 Å². The third kappa shape index (κ3) is 2.81. The molecule has 1 aromatic heterocycles. The van der Waals surface area contributed by atoms with Gasteiger partial charge in [0.25, 0.3) is 0 Å². The number of carbonyl (C=O) groups excluding carboxylic acids is 1. The molecule has 1 heterocycles. The number of aromatic nitrogens is 1. The van der Waals surface area contributed by atoms with E-state index in [0.29, 0.717) is 5.56 Å². The topological polar surface area (TPSA) is 39.2 Å². The molecule has 0 atom stereocenters. The number of fused-ring (bicyclic) bond motifs is 1. The van der Waals surface area contributed by atoms with Crippen molar-refractivity contribution >= 4 is 16.9 Å². The van der Waals surface area contributed by atoms with Crippen molar-refractivity contribution in [1.82, 2.24) is 4.98 Å². The monoisotopic (exact) mass is 229 g/mol. The van der Waals surface area contributed by atoms with Crippen LogP contribution in [0, 0.1) is 0 Å². The van der Waals surface area contributed by atoms with Gasteiger partial charge in [0, 0.05) is 11.6 Å². The summed E-state index contributed by atoms with van der Waals surface area (Å²) in [5.74, 6) is -0.337. The summed E-state index contributed by atoms with van der Waals surface area (Å²) in [5, 5.41) is 0.941. The van der Waals surface area contributed by atoms with Gasteiger partial charge in [-0.3, -0.25) is 4.98 Å². The molecule has 0 bridgehead atoms. The first-order valence-corrected chi connectivity index (χ1v) is 5.54. The molecule has 0 fully saturated rings. The van der Waals surface area contributed by atoms with Gasteiger partial charge in [-0.25, -0.2) is 4.79 Å². The molecular formula is C14H15NO2. The van der Waals surface area contributed by atoms with E-state index in [1.807, 2.05) is 45.0 Å². The normalized spacial score (nSPS) is 11.5. The minimum atomic E-state index is -0.483. The standard InChI is InChI=1S/C14H15NO2/c1-14(2,3)17-13(16)11-8-10-6-4-5-7-12(10)15-9-11/h4-9H,1-3H3. The summed E-state index contributed by atoms with van der Waals surface area (Å²) in [5.41, 5.74) is 0.876. The number of carbonyl (C=O) groups is 1. The average Bonchev–Trinajstić information content (AvgIpc) is 2.26. The predicted molar refractivity (Wildman–Crippen MR) is 66.9 cm³/mol. The van der Waals surface area contributed by atoms with E-state index in [1.165, 1.54) is 0 Å². The van der Waals surface area contributed by atoms with Crippen LogP contribution in [0.25, 0.3) is 10.9 Å². The molecular weight excluding hydrogens is 214 g/mol. The Balaban J connectivity index is 2.33. The van der Waals surface area contributed by atoms with Gasteiger partial charge in [0.15, 0.2) is 0 Å². The molecule has 2 aromatic rings. The fraction of sp³-hybridized carbons (Fsp3) is 0.286. The van der Waals surface area contributed by atoms with Gasteiger partial charge >= 0.3 is 5.97 Å². The van der Waals surface area contributed by atoms with E-state index in [2.05, 4.69) is 4.98 Å². The maximum Gasteiger partial charge on any atom is 0.340 e. The first-order valence-electron chi connectivity index (χ1n) is 5.54. The van der Waals surface area contributed by atoms with Crippen LogP contribution < -0.4 is 0 Å². The predicted octanol–water partition coefficient (Wildman–Crippen LogP) is 3.19. The highest BCUT2D eigenvalue weighted by Crippen LogP contribution is 2.16. The van der Waals surface area contributed by atoms with Gasteiger partial charge in [-0.15, -0.1) is 0 Å². The molecule has 17 heavy (non-hydrogen) atoms. The number of benzene rings is 1. The zero-order valence-electron chi connectivity index (χ0n) is 10.2. The molecule has 0 aliphatic carbocycles. The molecule has 0 aliphatic heterocycles. The van der Waals surface area contributed by atoms with Gasteiger partial charge in [0.05, 0.1) is 11.1 Å². The van der Waals surface area contributed by atoms with Crippen molar-refractivity contribution in [3.63, 3.8) is 0 Å². The van der Waals surface area contributed by atoms with Gasteiger partial charge < -0.3 is 4.74 Å². The van der Waals surface area contributed by atoms with Gasteiger partial charge in [0.1, 0.15) is 5.60 Å². The summed E-state index contributed by atoms with van der Waals surface area (Å²) >= 11 is 0. The fourth-order valence-electron chi connectivity index (χ4n) is 1.52. The Morgan fingerprint density at radius 3 is 2.65 bits per heavy atom. The zero-order valence-corrected chi connectivity index (χ0v) is 10.2. The molecule has 0 saturated heterocycles. The van der Waals surface area contributed by atoms with Gasteiger partial charge in [0.2, 0.25) is 0 Å². The smallest absolute Gasteiger partial charge is 0.340 e. The maximum absolute atomic E-state index is 11.8. The Bertz CT molecular complexity index is 555. The number of pyridine rings is 1. The number of nitrogens with zero attached hydrogens (tertiary/aromatic N) is 1. The lowest BCUT2D eigenvalue weighted by Gasteiger charge is -2.19. The Labute approximate surface area is 100 Å². The third-order valence-corrected chi connectivity index (χ3v) is 2.23. The average molecular weight is 229 g/mol. The Morgan fingerprint density at radius 2 is 1.94 bits per heavy atom. The van der Waals surface area contributed by atoms with Crippen molar-refractivity contribution in [2.24, 2.45) is 0 Å². The highest BCUT2D eigenvalue weighted by Gasteiger charge is 2.18. The summed E-state index contributed by atoms with van der Waals surface area (Å²) in [6.45, 7) is 5.54. The highest BCUT2D eigenvalue weighted by molar-refractivity contribution is 5.93. The van der Waals surface area contributed by atoms with Crippen LogP contribution in [0.5, 0.6) is 0 Å². The summed E-state index contributed by atoms with van der Waals surface area (Å²) in [6.07, 6.45) is 1.55. The Morgan fingerprint density at radius 1 is 1.24 bits per heavy atom. The van der Waals surface area contributed by atoms with Gasteiger partial charge in [-0.2, -0.15) is 0 Å². The van der Waals surface area contributed by atoms with Crippen molar-refractivity contribution in [3.05, 3.63) is 42.1 Å². The van der Waals surface area contributed by atoms with E-state index in [4.69, 9.17) is 4.74 Å². The van der Waals surface area contributed by atoms with Crippen LogP contribution in [0.2, 0.25) is 0 Å². The zero-order chi connectivity index (χ0) is 12.5. The summed E-state index contributed by atoms with van der Waals surface area (Å²) in [7, 11) is 0. The second kappa shape index (κ2) is 4.17. The van der Waals surface area contributed by atoms with Gasteiger partial charge in [-0.05, 0) is 32.9 Å². The number of hydrogen-bond donors (Lipinski definition) is 0. The first-order chi connectivity index (χ1) is 7.96. The number of para-hydroxylation sites is 1. The van der Waals surface area contributed by atoms with Crippen LogP contribution in [0.4, 0.5) is 0 Å². The lowest BCUT2D eigenvalue weighted by molar-refractivity contribution is 0.00693. The molecule has 0 amide bonds. The molecule has 2 rings (SSSR count). The minimum Gasteiger partial charge on any atom is -0.456 e. The Hall–Kier alpha value is -1.90. The number of esters is 1. The molecule has 1 aromatic carbocycles. The molecule has 0 spiro atoms. The van der Waals surface area contributed by atoms with Crippen molar-refractivity contribution < 1.29 is 9.53 Å². The minimum absolute atomic E-state index is 0.337. The molecule has 0 unspecified atom stereocenters. The van der Waals surface area contributed by atoms with Crippen molar-refractivity contribution in [1.29, 1.82) is 0 Å². The fourth-order valence-corrected chi connectivity index (χ4v) is 1.52. The molecule has 3 heteroatoms. The molecule has 0 saturated carbocycles. The van der Waals surface area contributed by atoms with E-state index < -0.39 is 5.60 Å². The van der Waals surface area contributed by atoms with E-state index in [-0.39, 0.29) is 5.97 Å². The molecule has 0 aliphatic rings. The highest BCUT2D eigenvalue weighted by atomic mass is 16.6. The maximum atomic E-state index is 11.8. The first kappa shape index (κ1) is 11.6. The second-order valence-electron chi connectivity index (χ2n) is 4.92. The van der Waals surface area contributed by atoms with Crippen LogP contribution in [0.15, 0.2) is 36.5 Å². The van der Waals surface area contributed by atoms with E-state index in [0.717, 1.165) is 10.9 Å². The largest absolute Gasteiger partial charge is 0.456 e. The molecule has 88 valence electrons. The van der Waals surface area contributed by atoms with Crippen molar-refractivity contribution in [2.75, 3.05) is 0 Å². The number of ether oxygens (including phenoxy) is 1. The lowest BCUT2D eigenvalue weighted by atomic mass is 10.1. The third-order valence-electron chi connectivity index (χ3n) is 2.23. The molecule has 3 nitrogen and oxygen atoms in total. The van der Waals surface area contributed by atoms with Crippen LogP contribution in [0.1, 0.15) is 31.1 Å². The lowest BCUT2D eigenvalue weighted by Crippen LogP contribution is -2.23. The van der Waals surface area contributed by atoms with E-state index in [9.17, 15) is 4.79 Å². The van der Waals surface area contributed by atoms with Gasteiger partial charge in [-0.1, -0.05) is 18.2 Å². The van der Waals surface area contributed by atoms with Crippen LogP contribution in [-0.2, 0) is 4.74 Å². The van der Waals surface area contributed by atoms with E-state index >= 15 is 0 Å². The van der Waals surface area contributed by atoms with Crippen LogP contribution in [-0.4, -0.2) is 16.6 Å². The summed E-state index contributed by atoms with van der Waals surface area (Å²) < 4.78 is 5.29. The SMILES string of the molecule is CC(C)(C)OC(=O)c1cnc2ccccc2c1. The Kier molecular flexibility index (Phi) is 2.84. The number of hydrogen-bond acceptors (Lipinski definition) is 3. The number of rotatable bonds is 1. The van der Waals surface area contributed by atoms with Crippen molar-refractivity contribution in [3.8, 4) is 0 Å². The van der Waals surface area contributed by atoms with Crippen molar-refractivity contribution in [2.45, 2.75) is 26.4 Å².